The summed E-state index contributed by atoms with van der Waals surface area (Å²) in [6.45, 7) is 6.96. The Kier molecular flexibility index (Phi) is 3.97. The first-order valence-corrected chi connectivity index (χ1v) is 6.38. The van der Waals surface area contributed by atoms with Crippen molar-refractivity contribution in [3.8, 4) is 0 Å². The highest BCUT2D eigenvalue weighted by atomic mass is 15.2. The van der Waals surface area contributed by atoms with Gasteiger partial charge in [-0.3, -0.25) is 4.90 Å². The summed E-state index contributed by atoms with van der Waals surface area (Å²) in [5.41, 5.74) is 7.71. The highest BCUT2D eigenvalue weighted by Gasteiger charge is 2.30. The number of nitrogens with zero attached hydrogens (tertiary/aromatic N) is 1. The molecule has 92 valence electrons. The predicted octanol–water partition coefficient (Wildman–Crippen LogP) is 2.56. The third-order valence-corrected chi connectivity index (χ3v) is 3.49. The highest BCUT2D eigenvalue weighted by Crippen LogP contribution is 2.23. The van der Waals surface area contributed by atoms with Crippen LogP contribution in [0.25, 0.3) is 0 Å². The summed E-state index contributed by atoms with van der Waals surface area (Å²) in [4.78, 5) is 2.46. The van der Waals surface area contributed by atoms with Crippen molar-refractivity contribution in [2.24, 2.45) is 5.73 Å². The number of hydrogen-bond acceptors (Lipinski definition) is 2. The third kappa shape index (κ3) is 3.42. The second-order valence-corrected chi connectivity index (χ2v) is 5.15. The van der Waals surface area contributed by atoms with E-state index < -0.39 is 0 Å². The summed E-state index contributed by atoms with van der Waals surface area (Å²) in [7, 11) is 0. The fourth-order valence-corrected chi connectivity index (χ4v) is 2.69. The maximum atomic E-state index is 6.40. The Morgan fingerprint density at radius 3 is 2.82 bits per heavy atom. The Labute approximate surface area is 104 Å². The molecule has 1 aromatic carbocycles. The molecule has 1 unspecified atom stereocenters. The number of benzene rings is 1. The SMILES string of the molecule is C=CCC1(N)CCCN(Cc2ccccc2)C1. The van der Waals surface area contributed by atoms with E-state index in [9.17, 15) is 0 Å². The first-order valence-electron chi connectivity index (χ1n) is 6.38. The molecule has 0 saturated carbocycles. The molecule has 2 heteroatoms. The molecule has 0 aliphatic carbocycles. The van der Waals surface area contributed by atoms with Crippen LogP contribution in [0.1, 0.15) is 24.8 Å². The van der Waals surface area contributed by atoms with E-state index in [4.69, 9.17) is 5.73 Å². The van der Waals surface area contributed by atoms with Gasteiger partial charge in [0.15, 0.2) is 0 Å². The number of nitrogens with two attached hydrogens (primary N) is 1. The monoisotopic (exact) mass is 230 g/mol. The standard InChI is InChI=1S/C15H22N2/c1-2-9-15(16)10-6-11-17(13-15)12-14-7-4-3-5-8-14/h2-5,7-8H,1,6,9-13,16H2. The van der Waals surface area contributed by atoms with Crippen molar-refractivity contribution in [1.29, 1.82) is 0 Å². The van der Waals surface area contributed by atoms with Gasteiger partial charge < -0.3 is 5.73 Å². The van der Waals surface area contributed by atoms with Crippen molar-refractivity contribution in [3.05, 3.63) is 48.6 Å². The normalized spacial score (nSPS) is 25.7. The molecular formula is C15H22N2. The number of piperidine rings is 1. The summed E-state index contributed by atoms with van der Waals surface area (Å²) in [6, 6.07) is 10.6. The van der Waals surface area contributed by atoms with Crippen molar-refractivity contribution in [3.63, 3.8) is 0 Å². The molecular weight excluding hydrogens is 208 g/mol. The van der Waals surface area contributed by atoms with Crippen molar-refractivity contribution in [2.45, 2.75) is 31.3 Å². The van der Waals surface area contributed by atoms with Crippen LogP contribution in [0.2, 0.25) is 0 Å². The molecule has 1 aliphatic rings. The van der Waals surface area contributed by atoms with Crippen LogP contribution in [-0.4, -0.2) is 23.5 Å². The van der Waals surface area contributed by atoms with E-state index in [0.29, 0.717) is 0 Å². The van der Waals surface area contributed by atoms with E-state index in [1.54, 1.807) is 0 Å². The minimum Gasteiger partial charge on any atom is -0.324 e. The van der Waals surface area contributed by atoms with Crippen LogP contribution in [0.4, 0.5) is 0 Å². The average Bonchev–Trinajstić information content (AvgIpc) is 2.30. The Balaban J connectivity index is 1.96. The number of likely N-dealkylation sites (tertiary alicyclic amines) is 1. The van der Waals surface area contributed by atoms with Crippen LogP contribution in [0, 0.1) is 0 Å². The lowest BCUT2D eigenvalue weighted by Crippen LogP contribution is -2.53. The molecule has 1 aliphatic heterocycles. The van der Waals surface area contributed by atoms with Gasteiger partial charge in [0.25, 0.3) is 0 Å². The van der Waals surface area contributed by atoms with Gasteiger partial charge in [-0.05, 0) is 31.4 Å². The lowest BCUT2D eigenvalue weighted by atomic mass is 9.87. The fraction of sp³-hybridized carbons (Fsp3) is 0.467. The molecule has 2 N–H and O–H groups in total. The van der Waals surface area contributed by atoms with Crippen molar-refractivity contribution in [1.82, 2.24) is 4.90 Å². The molecule has 2 rings (SSSR count). The van der Waals surface area contributed by atoms with E-state index in [2.05, 4.69) is 41.8 Å². The summed E-state index contributed by atoms with van der Waals surface area (Å²) >= 11 is 0. The predicted molar refractivity (Wildman–Crippen MR) is 72.7 cm³/mol. The smallest absolute Gasteiger partial charge is 0.0318 e. The average molecular weight is 230 g/mol. The van der Waals surface area contributed by atoms with Gasteiger partial charge in [0.05, 0.1) is 0 Å². The zero-order valence-corrected chi connectivity index (χ0v) is 10.4. The molecule has 1 fully saturated rings. The molecule has 1 aromatic rings. The van der Waals surface area contributed by atoms with Gasteiger partial charge in [0.2, 0.25) is 0 Å². The second kappa shape index (κ2) is 5.48. The molecule has 1 atom stereocenters. The van der Waals surface area contributed by atoms with Crippen LogP contribution in [0.15, 0.2) is 43.0 Å². The molecule has 0 amide bonds. The molecule has 0 radical (unpaired) electrons. The highest BCUT2D eigenvalue weighted by molar-refractivity contribution is 5.14. The summed E-state index contributed by atoms with van der Waals surface area (Å²) in [5.74, 6) is 0. The van der Waals surface area contributed by atoms with Gasteiger partial charge >= 0.3 is 0 Å². The fourth-order valence-electron chi connectivity index (χ4n) is 2.69. The maximum absolute atomic E-state index is 6.40. The molecule has 1 heterocycles. The Morgan fingerprint density at radius 2 is 2.12 bits per heavy atom. The number of hydrogen-bond donors (Lipinski definition) is 1. The summed E-state index contributed by atoms with van der Waals surface area (Å²) in [5, 5.41) is 0. The zero-order chi connectivity index (χ0) is 12.1. The molecule has 2 nitrogen and oxygen atoms in total. The van der Waals surface area contributed by atoms with Crippen molar-refractivity contribution in [2.75, 3.05) is 13.1 Å². The quantitative estimate of drug-likeness (QED) is 0.805. The third-order valence-electron chi connectivity index (χ3n) is 3.49. The topological polar surface area (TPSA) is 29.3 Å². The second-order valence-electron chi connectivity index (χ2n) is 5.15. The van der Waals surface area contributed by atoms with E-state index >= 15 is 0 Å². The van der Waals surface area contributed by atoms with E-state index in [1.807, 2.05) is 6.08 Å². The summed E-state index contributed by atoms with van der Waals surface area (Å²) in [6.07, 6.45) is 5.17. The van der Waals surface area contributed by atoms with Gasteiger partial charge in [0, 0.05) is 18.6 Å². The molecule has 1 saturated heterocycles. The first-order chi connectivity index (χ1) is 8.22. The van der Waals surface area contributed by atoms with Crippen LogP contribution in [-0.2, 0) is 6.54 Å². The Hall–Kier alpha value is -1.12. The van der Waals surface area contributed by atoms with Gasteiger partial charge in [0.1, 0.15) is 0 Å². The zero-order valence-electron chi connectivity index (χ0n) is 10.4. The Bertz CT molecular complexity index is 360. The summed E-state index contributed by atoms with van der Waals surface area (Å²) < 4.78 is 0. The van der Waals surface area contributed by atoms with Gasteiger partial charge in [-0.15, -0.1) is 6.58 Å². The van der Waals surface area contributed by atoms with Gasteiger partial charge in [-0.2, -0.15) is 0 Å². The lowest BCUT2D eigenvalue weighted by Gasteiger charge is -2.40. The lowest BCUT2D eigenvalue weighted by molar-refractivity contribution is 0.144. The minimum absolute atomic E-state index is 0.0607. The van der Waals surface area contributed by atoms with Crippen molar-refractivity contribution >= 4 is 0 Å². The largest absolute Gasteiger partial charge is 0.324 e. The molecule has 17 heavy (non-hydrogen) atoms. The van der Waals surface area contributed by atoms with E-state index in [0.717, 1.165) is 32.5 Å². The maximum Gasteiger partial charge on any atom is 0.0318 e. The van der Waals surface area contributed by atoms with Gasteiger partial charge in [-0.1, -0.05) is 36.4 Å². The molecule has 0 aromatic heterocycles. The van der Waals surface area contributed by atoms with Crippen LogP contribution >= 0.6 is 0 Å². The molecule has 0 spiro atoms. The first kappa shape index (κ1) is 12.3. The van der Waals surface area contributed by atoms with Gasteiger partial charge in [-0.25, -0.2) is 0 Å². The molecule has 0 bridgehead atoms. The van der Waals surface area contributed by atoms with Crippen LogP contribution in [0.3, 0.4) is 0 Å². The minimum atomic E-state index is -0.0607. The van der Waals surface area contributed by atoms with Crippen molar-refractivity contribution < 1.29 is 0 Å². The van der Waals surface area contributed by atoms with Crippen LogP contribution in [0.5, 0.6) is 0 Å². The van der Waals surface area contributed by atoms with Crippen LogP contribution < -0.4 is 5.73 Å². The van der Waals surface area contributed by atoms with E-state index in [1.165, 1.54) is 12.0 Å². The van der Waals surface area contributed by atoms with E-state index in [-0.39, 0.29) is 5.54 Å². The number of rotatable bonds is 4. The Morgan fingerprint density at radius 1 is 1.35 bits per heavy atom.